The molecule has 0 N–H and O–H groups in total. The highest BCUT2D eigenvalue weighted by Gasteiger charge is 2.47. The number of aromatic nitrogens is 1. The average Bonchev–Trinajstić information content (AvgIpc) is 3.78. The molecule has 41 heavy (non-hydrogen) atoms. The minimum Gasteiger partial charge on any atom is -0.492 e. The molecule has 0 amide bonds. The number of carbonyl (C=O) groups excluding carboxylic acids is 1. The van der Waals surface area contributed by atoms with E-state index in [4.69, 9.17) is 27.3 Å². The molecule has 3 aliphatic heterocycles. The first-order valence-electron chi connectivity index (χ1n) is 15.0. The van der Waals surface area contributed by atoms with Crippen LogP contribution in [0.5, 0.6) is 5.75 Å². The molecule has 0 spiro atoms. The quantitative estimate of drug-likeness (QED) is 0.244. The van der Waals surface area contributed by atoms with Crippen LogP contribution in [0.15, 0.2) is 36.4 Å². The number of likely N-dealkylation sites (N-methyl/N-ethyl adjacent to an activating group) is 1. The van der Waals surface area contributed by atoms with E-state index in [1.807, 2.05) is 18.5 Å². The molecule has 3 atom stereocenters. The predicted octanol–water partition coefficient (Wildman–Crippen LogP) is 5.68. The largest absolute Gasteiger partial charge is 0.492 e. The second-order valence-electron chi connectivity index (χ2n) is 12.4. The van der Waals surface area contributed by atoms with Crippen LogP contribution < -0.4 is 4.74 Å². The van der Waals surface area contributed by atoms with E-state index < -0.39 is 12.3 Å². The molecule has 1 aliphatic carbocycles. The molecule has 2 aromatic carbocycles. The maximum absolute atomic E-state index is 13.9. The summed E-state index contributed by atoms with van der Waals surface area (Å²) in [5.41, 5.74) is 7.39. The second kappa shape index (κ2) is 10.7. The predicted molar refractivity (Wildman–Crippen MR) is 161 cm³/mol. The van der Waals surface area contributed by atoms with Gasteiger partial charge in [0.2, 0.25) is 5.78 Å². The highest BCUT2D eigenvalue weighted by molar-refractivity contribution is 7.77. The van der Waals surface area contributed by atoms with Crippen LogP contribution in [-0.4, -0.2) is 63.9 Å². The minimum atomic E-state index is -0.829. The van der Waals surface area contributed by atoms with Gasteiger partial charge in [-0.15, -0.1) is 0 Å². The highest BCUT2D eigenvalue weighted by Crippen LogP contribution is 2.48. The molecule has 2 unspecified atom stereocenters. The molecule has 8 nitrogen and oxygen atoms in total. The van der Waals surface area contributed by atoms with Gasteiger partial charge in [-0.05, 0) is 68.5 Å². The Morgan fingerprint density at radius 1 is 1.05 bits per heavy atom. The van der Waals surface area contributed by atoms with Gasteiger partial charge in [0.1, 0.15) is 5.75 Å². The van der Waals surface area contributed by atoms with Crippen molar-refractivity contribution in [2.24, 2.45) is 5.92 Å². The molecule has 4 aliphatic rings. The van der Waals surface area contributed by atoms with E-state index >= 15 is 0 Å². The molecule has 0 radical (unpaired) electrons. The SMILES string of the molecule is Cc1cccc2c1OC[C@@H]1Cn3c-2c(C2CCCCC2)c2ccc(cc23)CN(S)N(C)C(C)N(C)C1C(=O)C1OO1. The summed E-state index contributed by atoms with van der Waals surface area (Å²) in [7, 11) is 4.02. The fraction of sp³-hybridized carbons (Fsp3) is 0.531. The zero-order valence-corrected chi connectivity index (χ0v) is 25.3. The highest BCUT2D eigenvalue weighted by atomic mass is 32.1. The number of aryl methyl sites for hydroxylation is 1. The Morgan fingerprint density at radius 3 is 2.59 bits per heavy atom. The number of ketones is 1. The fourth-order valence-electron chi connectivity index (χ4n) is 7.50. The number of Topliss-reactive ketones (excluding diaryl/α,β-unsaturated/α-hetero) is 1. The number of nitrogens with zero attached hydrogens (tertiary/aromatic N) is 4. The summed E-state index contributed by atoms with van der Waals surface area (Å²) in [4.78, 5) is 26.2. The third-order valence-corrected chi connectivity index (χ3v) is 10.4. The first kappa shape index (κ1) is 27.4. The molecular formula is C32H40N4O4S. The molecular weight excluding hydrogens is 536 g/mol. The Kier molecular flexibility index (Phi) is 7.16. The first-order chi connectivity index (χ1) is 19.8. The lowest BCUT2D eigenvalue weighted by molar-refractivity contribution is -0.133. The second-order valence-corrected chi connectivity index (χ2v) is 12.8. The Balaban J connectivity index is 1.51. The van der Waals surface area contributed by atoms with Gasteiger partial charge in [0.25, 0.3) is 6.29 Å². The van der Waals surface area contributed by atoms with Crippen LogP contribution in [-0.2, 0) is 27.7 Å². The molecule has 4 bridgehead atoms. The maximum Gasteiger partial charge on any atom is 0.283 e. The Hall–Kier alpha value is -2.40. The van der Waals surface area contributed by atoms with E-state index in [1.165, 1.54) is 59.8 Å². The summed E-state index contributed by atoms with van der Waals surface area (Å²) in [5, 5.41) is 3.39. The van der Waals surface area contributed by atoms with Gasteiger partial charge in [-0.2, -0.15) is 14.2 Å². The Morgan fingerprint density at radius 2 is 1.83 bits per heavy atom. The Bertz CT molecular complexity index is 1480. The monoisotopic (exact) mass is 576 g/mol. The average molecular weight is 577 g/mol. The summed E-state index contributed by atoms with van der Waals surface area (Å²) in [5.74, 6) is 1.20. The molecule has 1 saturated carbocycles. The zero-order valence-electron chi connectivity index (χ0n) is 24.4. The maximum atomic E-state index is 13.9. The fourth-order valence-corrected chi connectivity index (χ4v) is 7.81. The topological polar surface area (TPSA) is 66.0 Å². The number of benzene rings is 2. The first-order valence-corrected chi connectivity index (χ1v) is 15.4. The molecule has 9 heteroatoms. The Labute approximate surface area is 247 Å². The summed E-state index contributed by atoms with van der Waals surface area (Å²) in [6.45, 7) is 5.93. The number of para-hydroxylation sites is 1. The van der Waals surface area contributed by atoms with Crippen LogP contribution in [0.4, 0.5) is 0 Å². The number of thiol groups is 1. The van der Waals surface area contributed by atoms with Gasteiger partial charge < -0.3 is 9.30 Å². The summed E-state index contributed by atoms with van der Waals surface area (Å²) in [6, 6.07) is 12.9. The van der Waals surface area contributed by atoms with Gasteiger partial charge in [0.15, 0.2) is 0 Å². The lowest BCUT2D eigenvalue weighted by atomic mass is 9.81. The van der Waals surface area contributed by atoms with Gasteiger partial charge in [-0.3, -0.25) is 9.69 Å². The minimum absolute atomic E-state index is 0.0686. The normalized spacial score (nSPS) is 26.7. The number of hydrogen-bond acceptors (Lipinski definition) is 8. The third kappa shape index (κ3) is 4.71. The van der Waals surface area contributed by atoms with Crippen molar-refractivity contribution in [1.29, 1.82) is 0 Å². The van der Waals surface area contributed by atoms with Gasteiger partial charge >= 0.3 is 0 Å². The molecule has 1 saturated heterocycles. The molecule has 3 aromatic rings. The van der Waals surface area contributed by atoms with Crippen molar-refractivity contribution in [1.82, 2.24) is 18.9 Å². The van der Waals surface area contributed by atoms with Crippen molar-refractivity contribution in [3.05, 3.63) is 53.1 Å². The lowest BCUT2D eigenvalue weighted by Gasteiger charge is -2.43. The van der Waals surface area contributed by atoms with E-state index in [0.29, 0.717) is 25.6 Å². The number of hydrogen-bond donors (Lipinski definition) is 1. The van der Waals surface area contributed by atoms with Gasteiger partial charge in [-0.25, -0.2) is 5.01 Å². The molecule has 7 rings (SSSR count). The van der Waals surface area contributed by atoms with Crippen LogP contribution in [0.2, 0.25) is 0 Å². The van der Waals surface area contributed by atoms with Crippen molar-refractivity contribution in [2.75, 3.05) is 20.7 Å². The zero-order chi connectivity index (χ0) is 28.4. The van der Waals surface area contributed by atoms with Crippen LogP contribution in [0, 0.1) is 12.8 Å². The van der Waals surface area contributed by atoms with Crippen molar-refractivity contribution in [3.8, 4) is 17.0 Å². The number of ether oxygens (including phenoxy) is 1. The van der Waals surface area contributed by atoms with Gasteiger partial charge in [0, 0.05) is 42.5 Å². The van der Waals surface area contributed by atoms with Gasteiger partial charge in [0.05, 0.1) is 24.5 Å². The van der Waals surface area contributed by atoms with Crippen LogP contribution in [0.3, 0.4) is 0 Å². The van der Waals surface area contributed by atoms with Crippen molar-refractivity contribution in [3.63, 3.8) is 0 Å². The number of carbonyl (C=O) groups is 1. The van der Waals surface area contributed by atoms with Crippen molar-refractivity contribution >= 4 is 29.5 Å². The summed E-state index contributed by atoms with van der Waals surface area (Å²) in [6.07, 6.45) is 5.28. The van der Waals surface area contributed by atoms with Crippen LogP contribution in [0.1, 0.15) is 61.6 Å². The number of hydrazine groups is 1. The molecule has 218 valence electrons. The summed E-state index contributed by atoms with van der Waals surface area (Å²) >= 11 is 4.88. The molecule has 4 heterocycles. The standard InChI is InChI=1S/C32H40N4O4S/c1-19-9-8-12-25-29-27(22-10-6-5-7-11-22)24-14-13-21-15-26(24)35(29)17-23(18-38-31(19)25)28(30(37)32-39-40-32)33(3)20(2)34(4)36(41)16-21/h8-9,12-15,20,22-23,28,32,41H,5-7,10-11,16-18H2,1-4H3/t20?,23-,28?/m0/s1. The van der Waals surface area contributed by atoms with E-state index in [-0.39, 0.29) is 17.9 Å². The van der Waals surface area contributed by atoms with Crippen molar-refractivity contribution in [2.45, 2.75) is 83.5 Å². The van der Waals surface area contributed by atoms with E-state index in [0.717, 1.165) is 16.9 Å². The molecule has 1 aromatic heterocycles. The molecule has 2 fully saturated rings. The van der Waals surface area contributed by atoms with Gasteiger partial charge in [-0.1, -0.05) is 56.3 Å². The van der Waals surface area contributed by atoms with E-state index in [1.54, 1.807) is 0 Å². The van der Waals surface area contributed by atoms with E-state index in [2.05, 4.69) is 64.7 Å². The lowest BCUT2D eigenvalue weighted by Crippen LogP contribution is -2.57. The third-order valence-electron chi connectivity index (χ3n) is 9.93. The van der Waals surface area contributed by atoms with Crippen molar-refractivity contribution < 1.29 is 19.3 Å². The smallest absolute Gasteiger partial charge is 0.283 e. The number of rotatable bonds is 3. The van der Waals surface area contributed by atoms with Crippen LogP contribution >= 0.6 is 12.8 Å². The summed E-state index contributed by atoms with van der Waals surface area (Å²) < 4.78 is 11.2. The van der Waals surface area contributed by atoms with E-state index in [9.17, 15) is 4.79 Å². The van der Waals surface area contributed by atoms with Crippen LogP contribution in [0.25, 0.3) is 22.2 Å². The number of fused-ring (bicyclic) bond motifs is 4.